The van der Waals surface area contributed by atoms with Crippen molar-refractivity contribution in [2.24, 2.45) is 11.8 Å². The number of hydrogen-bond acceptors (Lipinski definition) is 5. The zero-order valence-electron chi connectivity index (χ0n) is 20.7. The molecule has 35 heavy (non-hydrogen) atoms. The Hall–Kier alpha value is -2.06. The summed E-state index contributed by atoms with van der Waals surface area (Å²) in [6.45, 7) is 3.82. The third-order valence-corrected chi connectivity index (χ3v) is 10.8. The number of anilines is 1. The molecule has 1 saturated carbocycles. The number of thioether (sulfide) groups is 1. The van der Waals surface area contributed by atoms with Gasteiger partial charge in [0, 0.05) is 16.5 Å². The average molecular weight is 500 g/mol. The molecule has 5 rings (SSSR count). The molecule has 7 nitrogen and oxygen atoms in total. The van der Waals surface area contributed by atoms with Crippen molar-refractivity contribution >= 4 is 35.2 Å². The molecule has 3 saturated heterocycles. The first-order valence-corrected chi connectivity index (χ1v) is 14.0. The molecule has 190 valence electrons. The Morgan fingerprint density at radius 2 is 1.86 bits per heavy atom. The fourth-order valence-corrected chi connectivity index (χ4v) is 9.48. The number of para-hydroxylation sites is 1. The summed E-state index contributed by atoms with van der Waals surface area (Å²) in [5.41, 5.74) is 0.707. The van der Waals surface area contributed by atoms with Crippen LogP contribution in [-0.2, 0) is 14.4 Å². The summed E-state index contributed by atoms with van der Waals surface area (Å²) in [4.78, 5) is 43.3. The van der Waals surface area contributed by atoms with Crippen molar-refractivity contribution < 1.29 is 19.5 Å². The maximum atomic E-state index is 14.1. The molecule has 8 heteroatoms. The minimum atomic E-state index is -0.666. The molecule has 3 N–H and O–H groups in total. The lowest BCUT2D eigenvalue weighted by Gasteiger charge is -2.38. The van der Waals surface area contributed by atoms with Gasteiger partial charge < -0.3 is 20.6 Å². The van der Waals surface area contributed by atoms with E-state index >= 15 is 0 Å². The molecule has 2 bridgehead atoms. The summed E-state index contributed by atoms with van der Waals surface area (Å²) in [5, 5.41) is 16.5. The Kier molecular flexibility index (Phi) is 6.64. The summed E-state index contributed by atoms with van der Waals surface area (Å²) >= 11 is 1.68. The second-order valence-electron chi connectivity index (χ2n) is 10.9. The number of aliphatic hydroxyl groups is 1. The van der Waals surface area contributed by atoms with Crippen molar-refractivity contribution in [3.8, 4) is 0 Å². The molecule has 0 aromatic heterocycles. The quantitative estimate of drug-likeness (QED) is 0.535. The molecule has 1 spiro atoms. The molecule has 4 aliphatic rings. The van der Waals surface area contributed by atoms with E-state index in [1.807, 2.05) is 37.3 Å². The molecule has 1 aromatic rings. The predicted molar refractivity (Wildman–Crippen MR) is 137 cm³/mol. The van der Waals surface area contributed by atoms with E-state index in [0.717, 1.165) is 38.5 Å². The highest BCUT2D eigenvalue weighted by Gasteiger charge is 2.77. The van der Waals surface area contributed by atoms with E-state index in [2.05, 4.69) is 17.6 Å². The zero-order chi connectivity index (χ0) is 24.8. The molecule has 3 amide bonds. The molecule has 3 aliphatic heterocycles. The van der Waals surface area contributed by atoms with E-state index in [1.165, 1.54) is 6.42 Å². The van der Waals surface area contributed by atoms with Crippen LogP contribution in [0.4, 0.5) is 5.69 Å². The van der Waals surface area contributed by atoms with Crippen molar-refractivity contribution in [2.75, 3.05) is 11.9 Å². The van der Waals surface area contributed by atoms with Crippen molar-refractivity contribution in [1.29, 1.82) is 0 Å². The van der Waals surface area contributed by atoms with Crippen LogP contribution in [0.5, 0.6) is 0 Å². The Labute approximate surface area is 211 Å². The van der Waals surface area contributed by atoms with Gasteiger partial charge in [0.15, 0.2) is 0 Å². The number of aliphatic hydroxyl groups excluding tert-OH is 1. The van der Waals surface area contributed by atoms with E-state index in [9.17, 15) is 19.5 Å². The second-order valence-corrected chi connectivity index (χ2v) is 12.8. The lowest BCUT2D eigenvalue weighted by atomic mass is 9.66. The number of rotatable bonds is 7. The van der Waals surface area contributed by atoms with Gasteiger partial charge in [-0.05, 0) is 51.2 Å². The number of carbonyl (C=O) groups excluding carboxylic acids is 3. The molecule has 1 aromatic carbocycles. The van der Waals surface area contributed by atoms with Gasteiger partial charge in [-0.25, -0.2) is 0 Å². The Morgan fingerprint density at radius 3 is 2.51 bits per heavy atom. The molecular weight excluding hydrogens is 462 g/mol. The number of likely N-dealkylation sites (tertiary alicyclic amines) is 1. The van der Waals surface area contributed by atoms with Crippen LogP contribution in [0, 0.1) is 11.8 Å². The first kappa shape index (κ1) is 24.6. The number of benzene rings is 1. The third-order valence-electron chi connectivity index (χ3n) is 8.81. The van der Waals surface area contributed by atoms with Crippen LogP contribution in [0.25, 0.3) is 0 Å². The van der Waals surface area contributed by atoms with Crippen molar-refractivity contribution in [3.05, 3.63) is 30.3 Å². The van der Waals surface area contributed by atoms with Gasteiger partial charge in [0.05, 0.1) is 29.2 Å². The van der Waals surface area contributed by atoms with Crippen LogP contribution < -0.4 is 10.6 Å². The monoisotopic (exact) mass is 499 g/mol. The maximum absolute atomic E-state index is 14.1. The highest BCUT2D eigenvalue weighted by Crippen LogP contribution is 2.71. The molecular formula is C27H37N3O4S. The fourth-order valence-electron chi connectivity index (χ4n) is 7.14. The van der Waals surface area contributed by atoms with Crippen LogP contribution in [0.15, 0.2) is 30.3 Å². The average Bonchev–Trinajstić information content (AvgIpc) is 3.42. The molecule has 2 unspecified atom stereocenters. The fraction of sp³-hybridized carbons (Fsp3) is 0.667. The topological polar surface area (TPSA) is 98.7 Å². The lowest BCUT2D eigenvalue weighted by molar-refractivity contribution is -0.142. The maximum Gasteiger partial charge on any atom is 0.244 e. The van der Waals surface area contributed by atoms with E-state index in [-0.39, 0.29) is 30.4 Å². The molecule has 6 atom stereocenters. The van der Waals surface area contributed by atoms with Crippen LogP contribution in [0.3, 0.4) is 0 Å². The second kappa shape index (κ2) is 9.43. The summed E-state index contributed by atoms with van der Waals surface area (Å²) in [6, 6.07) is 8.36. The largest absolute Gasteiger partial charge is 0.394 e. The predicted octanol–water partition coefficient (Wildman–Crippen LogP) is 3.33. The van der Waals surface area contributed by atoms with Gasteiger partial charge in [0.25, 0.3) is 0 Å². The Morgan fingerprint density at radius 1 is 1.14 bits per heavy atom. The van der Waals surface area contributed by atoms with E-state index in [0.29, 0.717) is 12.1 Å². The SMILES string of the molecule is CC[C@@H](CO)N1C(=O)[C@@H]2[C@H](C(=O)Nc3ccccc3)[C@]3(C)CCC2(S3)C1C(=O)NC1CCCCC1. The minimum Gasteiger partial charge on any atom is -0.394 e. The number of amides is 3. The Balaban J connectivity index is 1.50. The van der Waals surface area contributed by atoms with Crippen molar-refractivity contribution in [1.82, 2.24) is 10.2 Å². The van der Waals surface area contributed by atoms with Gasteiger partial charge >= 0.3 is 0 Å². The molecule has 3 heterocycles. The highest BCUT2D eigenvalue weighted by molar-refractivity contribution is 8.02. The summed E-state index contributed by atoms with van der Waals surface area (Å²) < 4.78 is -1.05. The van der Waals surface area contributed by atoms with E-state index in [1.54, 1.807) is 16.7 Å². The smallest absolute Gasteiger partial charge is 0.244 e. The van der Waals surface area contributed by atoms with Crippen LogP contribution in [0.2, 0.25) is 0 Å². The first-order chi connectivity index (χ1) is 16.8. The van der Waals surface area contributed by atoms with Gasteiger partial charge in [-0.3, -0.25) is 14.4 Å². The number of nitrogens with one attached hydrogen (secondary N) is 2. The lowest BCUT2D eigenvalue weighted by Crippen LogP contribution is -2.58. The van der Waals surface area contributed by atoms with Crippen LogP contribution in [-0.4, -0.2) is 62.0 Å². The van der Waals surface area contributed by atoms with Gasteiger partial charge in [-0.15, -0.1) is 11.8 Å². The summed E-state index contributed by atoms with van der Waals surface area (Å²) in [7, 11) is 0. The van der Waals surface area contributed by atoms with Crippen LogP contribution >= 0.6 is 11.8 Å². The number of fused-ring (bicyclic) bond motifs is 1. The number of carbonyl (C=O) groups is 3. The van der Waals surface area contributed by atoms with Gasteiger partial charge in [-0.1, -0.05) is 44.4 Å². The Bertz CT molecular complexity index is 980. The van der Waals surface area contributed by atoms with Gasteiger partial charge in [0.2, 0.25) is 17.7 Å². The first-order valence-electron chi connectivity index (χ1n) is 13.1. The zero-order valence-corrected chi connectivity index (χ0v) is 21.5. The molecule has 0 radical (unpaired) electrons. The number of hydrogen-bond donors (Lipinski definition) is 3. The normalized spacial score (nSPS) is 35.1. The van der Waals surface area contributed by atoms with Crippen molar-refractivity contribution in [2.45, 2.75) is 92.8 Å². The molecule has 1 aliphatic carbocycles. The van der Waals surface area contributed by atoms with E-state index < -0.39 is 33.4 Å². The van der Waals surface area contributed by atoms with E-state index in [4.69, 9.17) is 0 Å². The van der Waals surface area contributed by atoms with Crippen molar-refractivity contribution in [3.63, 3.8) is 0 Å². The third kappa shape index (κ3) is 3.97. The van der Waals surface area contributed by atoms with Crippen LogP contribution in [0.1, 0.15) is 65.2 Å². The molecule has 4 fully saturated rings. The minimum absolute atomic E-state index is 0.111. The van der Waals surface area contributed by atoms with Gasteiger partial charge in [0.1, 0.15) is 6.04 Å². The number of nitrogens with zero attached hydrogens (tertiary/aromatic N) is 1. The highest BCUT2D eigenvalue weighted by atomic mass is 32.2. The summed E-state index contributed by atoms with van der Waals surface area (Å²) in [6.07, 6.45) is 7.40. The van der Waals surface area contributed by atoms with Gasteiger partial charge in [-0.2, -0.15) is 0 Å². The standard InChI is InChI=1S/C27H37N3O4S/c1-3-19(16-31)30-22(24(33)29-18-12-8-5-9-13-18)27-15-14-26(2,35-27)20(21(27)25(30)34)23(32)28-17-10-6-4-7-11-17/h4,6-7,10-11,18-22,31H,3,5,8-9,12-16H2,1-2H3,(H,28,32)(H,29,33)/t19-,20+,21-,22?,26-,27?/m0/s1. The summed E-state index contributed by atoms with van der Waals surface area (Å²) in [5.74, 6) is -1.52.